The Kier molecular flexibility index (Phi) is 6.30. The van der Waals surface area contributed by atoms with Gasteiger partial charge in [0.05, 0.1) is 5.41 Å². The van der Waals surface area contributed by atoms with E-state index in [0.717, 1.165) is 25.8 Å². The fourth-order valence-electron chi connectivity index (χ4n) is 2.85. The number of likely N-dealkylation sites (tertiary alicyclic amines) is 1. The molecule has 0 bridgehead atoms. The smallest absolute Gasteiger partial charge is 0.320 e. The molecule has 1 heterocycles. The minimum Gasteiger partial charge on any atom is -0.481 e. The number of hydrogen-bond acceptors (Lipinski definition) is 2. The number of carbonyl (C=O) groups excluding carboxylic acids is 1. The van der Waals surface area contributed by atoms with E-state index in [0.29, 0.717) is 32.5 Å². The third kappa shape index (κ3) is 3.64. The number of carboxylic acids is 1. The lowest BCUT2D eigenvalue weighted by Gasteiger charge is -2.41. The number of carbonyl (C=O) groups is 2. The Morgan fingerprint density at radius 3 is 2.50 bits per heavy atom. The van der Waals surface area contributed by atoms with E-state index in [1.165, 1.54) is 0 Å². The van der Waals surface area contributed by atoms with Crippen LogP contribution < -0.4 is 0 Å². The Balaban J connectivity index is 2.74. The van der Waals surface area contributed by atoms with Gasteiger partial charge in [-0.3, -0.25) is 4.79 Å². The van der Waals surface area contributed by atoms with E-state index in [9.17, 15) is 14.7 Å². The van der Waals surface area contributed by atoms with Crippen molar-refractivity contribution in [1.82, 2.24) is 9.80 Å². The van der Waals surface area contributed by atoms with Crippen molar-refractivity contribution < 1.29 is 14.7 Å². The van der Waals surface area contributed by atoms with Crippen LogP contribution >= 0.6 is 0 Å². The molecule has 0 aromatic rings. The van der Waals surface area contributed by atoms with Crippen LogP contribution in [0.3, 0.4) is 0 Å². The molecule has 0 radical (unpaired) electrons. The molecule has 1 N–H and O–H groups in total. The highest BCUT2D eigenvalue weighted by Crippen LogP contribution is 2.34. The van der Waals surface area contributed by atoms with E-state index in [1.54, 1.807) is 4.90 Å². The molecular formula is C15H28N2O3. The van der Waals surface area contributed by atoms with Gasteiger partial charge in [-0.05, 0) is 32.6 Å². The van der Waals surface area contributed by atoms with E-state index in [2.05, 4.69) is 6.92 Å². The van der Waals surface area contributed by atoms with Crippen LogP contribution in [0.1, 0.15) is 52.9 Å². The topological polar surface area (TPSA) is 60.9 Å². The van der Waals surface area contributed by atoms with Gasteiger partial charge in [-0.2, -0.15) is 0 Å². The van der Waals surface area contributed by atoms with Crippen molar-refractivity contribution in [2.24, 2.45) is 5.41 Å². The van der Waals surface area contributed by atoms with Gasteiger partial charge in [0.1, 0.15) is 0 Å². The predicted molar refractivity (Wildman–Crippen MR) is 78.7 cm³/mol. The molecule has 1 unspecified atom stereocenters. The molecule has 116 valence electrons. The van der Waals surface area contributed by atoms with Crippen molar-refractivity contribution in [1.29, 1.82) is 0 Å². The largest absolute Gasteiger partial charge is 0.481 e. The lowest BCUT2D eigenvalue weighted by molar-refractivity contribution is -0.152. The van der Waals surface area contributed by atoms with Gasteiger partial charge in [0, 0.05) is 26.2 Å². The van der Waals surface area contributed by atoms with E-state index < -0.39 is 11.4 Å². The number of hydrogen-bond donors (Lipinski definition) is 1. The number of nitrogens with zero attached hydrogens (tertiary/aromatic N) is 2. The molecule has 0 aromatic carbocycles. The minimum absolute atomic E-state index is 0.000255. The molecule has 1 aliphatic heterocycles. The van der Waals surface area contributed by atoms with Gasteiger partial charge in [0.25, 0.3) is 0 Å². The Labute approximate surface area is 121 Å². The fraction of sp³-hybridized carbons (Fsp3) is 0.867. The molecule has 0 aliphatic carbocycles. The summed E-state index contributed by atoms with van der Waals surface area (Å²) in [6.07, 6.45) is 4.07. The van der Waals surface area contributed by atoms with Gasteiger partial charge in [0.15, 0.2) is 0 Å². The number of urea groups is 1. The maximum Gasteiger partial charge on any atom is 0.320 e. The molecule has 0 saturated carbocycles. The molecular weight excluding hydrogens is 256 g/mol. The summed E-state index contributed by atoms with van der Waals surface area (Å²) in [5.74, 6) is -0.769. The molecule has 1 fully saturated rings. The highest BCUT2D eigenvalue weighted by Gasteiger charge is 2.42. The van der Waals surface area contributed by atoms with Crippen molar-refractivity contribution in [2.75, 3.05) is 26.2 Å². The summed E-state index contributed by atoms with van der Waals surface area (Å²) >= 11 is 0. The maximum absolute atomic E-state index is 12.5. The van der Waals surface area contributed by atoms with E-state index in [-0.39, 0.29) is 6.03 Å². The first kappa shape index (κ1) is 16.8. The number of rotatable bonds is 6. The second-order valence-corrected chi connectivity index (χ2v) is 5.68. The summed E-state index contributed by atoms with van der Waals surface area (Å²) < 4.78 is 0. The number of amides is 2. The van der Waals surface area contributed by atoms with Crippen LogP contribution in [0.25, 0.3) is 0 Å². The number of carboxylic acid groups (broad SMARTS) is 1. The first-order valence-electron chi connectivity index (χ1n) is 7.78. The van der Waals surface area contributed by atoms with E-state index in [4.69, 9.17) is 0 Å². The highest BCUT2D eigenvalue weighted by atomic mass is 16.4. The van der Waals surface area contributed by atoms with Crippen LogP contribution in [-0.2, 0) is 4.79 Å². The summed E-state index contributed by atoms with van der Waals surface area (Å²) in [5.41, 5.74) is -0.752. The normalized spacial score (nSPS) is 22.6. The van der Waals surface area contributed by atoms with Crippen LogP contribution in [-0.4, -0.2) is 53.1 Å². The van der Waals surface area contributed by atoms with E-state index in [1.807, 2.05) is 18.7 Å². The fourth-order valence-corrected chi connectivity index (χ4v) is 2.85. The third-order valence-corrected chi connectivity index (χ3v) is 4.41. The Bertz CT molecular complexity index is 346. The third-order valence-electron chi connectivity index (χ3n) is 4.41. The van der Waals surface area contributed by atoms with Gasteiger partial charge in [-0.15, -0.1) is 0 Å². The highest BCUT2D eigenvalue weighted by molar-refractivity contribution is 5.78. The Morgan fingerprint density at radius 2 is 2.00 bits per heavy atom. The van der Waals surface area contributed by atoms with Crippen LogP contribution in [0.5, 0.6) is 0 Å². The average molecular weight is 284 g/mol. The first-order chi connectivity index (χ1) is 9.50. The molecule has 1 rings (SSSR count). The number of aliphatic carboxylic acids is 1. The zero-order valence-corrected chi connectivity index (χ0v) is 13.0. The van der Waals surface area contributed by atoms with Crippen molar-refractivity contribution in [2.45, 2.75) is 52.9 Å². The van der Waals surface area contributed by atoms with Crippen molar-refractivity contribution in [3.05, 3.63) is 0 Å². The molecule has 1 aliphatic rings. The molecule has 5 heteroatoms. The van der Waals surface area contributed by atoms with Crippen molar-refractivity contribution in [3.63, 3.8) is 0 Å². The van der Waals surface area contributed by atoms with Crippen LogP contribution in [0.15, 0.2) is 0 Å². The second-order valence-electron chi connectivity index (χ2n) is 5.68. The van der Waals surface area contributed by atoms with Gasteiger partial charge in [-0.1, -0.05) is 20.3 Å². The second kappa shape index (κ2) is 7.50. The molecule has 0 spiro atoms. The average Bonchev–Trinajstić information content (AvgIpc) is 2.47. The maximum atomic E-state index is 12.5. The van der Waals surface area contributed by atoms with Crippen LogP contribution in [0.2, 0.25) is 0 Å². The molecule has 0 aromatic heterocycles. The molecule has 2 amide bonds. The van der Waals surface area contributed by atoms with Gasteiger partial charge in [0.2, 0.25) is 0 Å². The Morgan fingerprint density at radius 1 is 1.30 bits per heavy atom. The van der Waals surface area contributed by atoms with Crippen molar-refractivity contribution >= 4 is 12.0 Å². The SMILES string of the molecule is CCCCN(CC)C(=O)N1CCCC(CC)(C(=O)O)C1. The summed E-state index contributed by atoms with van der Waals surface area (Å²) in [6, 6.07) is -0.000255. The first-order valence-corrected chi connectivity index (χ1v) is 7.78. The summed E-state index contributed by atoms with van der Waals surface area (Å²) in [6.45, 7) is 8.44. The number of piperidine rings is 1. The van der Waals surface area contributed by atoms with Crippen LogP contribution in [0, 0.1) is 5.41 Å². The summed E-state index contributed by atoms with van der Waals surface area (Å²) in [5, 5.41) is 9.47. The monoisotopic (exact) mass is 284 g/mol. The quantitative estimate of drug-likeness (QED) is 0.816. The summed E-state index contributed by atoms with van der Waals surface area (Å²) in [4.78, 5) is 27.6. The lowest BCUT2D eigenvalue weighted by Crippen LogP contribution is -2.53. The minimum atomic E-state index is -0.769. The van der Waals surface area contributed by atoms with Gasteiger partial charge < -0.3 is 14.9 Å². The van der Waals surface area contributed by atoms with Gasteiger partial charge in [-0.25, -0.2) is 4.79 Å². The van der Waals surface area contributed by atoms with Crippen molar-refractivity contribution in [3.8, 4) is 0 Å². The lowest BCUT2D eigenvalue weighted by atomic mass is 9.78. The van der Waals surface area contributed by atoms with E-state index >= 15 is 0 Å². The number of unbranched alkanes of at least 4 members (excludes halogenated alkanes) is 1. The molecule has 1 saturated heterocycles. The summed E-state index contributed by atoms with van der Waals surface area (Å²) in [7, 11) is 0. The predicted octanol–water partition coefficient (Wildman–Crippen LogP) is 2.81. The Hall–Kier alpha value is -1.26. The standard InChI is InChI=1S/C15H28N2O3/c1-4-7-10-16(6-3)14(20)17-11-8-9-15(5-2,12-17)13(18)19/h4-12H2,1-3H3,(H,18,19). The van der Waals surface area contributed by atoms with Crippen LogP contribution in [0.4, 0.5) is 4.79 Å². The molecule has 20 heavy (non-hydrogen) atoms. The zero-order chi connectivity index (χ0) is 15.2. The van der Waals surface area contributed by atoms with Gasteiger partial charge >= 0.3 is 12.0 Å². The molecule has 5 nitrogen and oxygen atoms in total. The zero-order valence-electron chi connectivity index (χ0n) is 13.0. The molecule has 1 atom stereocenters.